The number of ether oxygens (including phenoxy) is 1. The fraction of sp³-hybridized carbons (Fsp3) is 0.500. The summed E-state index contributed by atoms with van der Waals surface area (Å²) in [5.41, 5.74) is 2.10. The SMILES string of the molecule is Cc1ccc2cc(C(C)C)c(O)cc2c1OCCN1CCNCC1. The van der Waals surface area contributed by atoms with Crippen LogP contribution in [-0.4, -0.2) is 49.3 Å². The maximum Gasteiger partial charge on any atom is 0.130 e. The normalized spacial score (nSPS) is 16.0. The van der Waals surface area contributed by atoms with Gasteiger partial charge in [-0.05, 0) is 41.5 Å². The minimum absolute atomic E-state index is 0.299. The van der Waals surface area contributed by atoms with Gasteiger partial charge in [-0.1, -0.05) is 26.0 Å². The van der Waals surface area contributed by atoms with Crippen LogP contribution >= 0.6 is 0 Å². The predicted molar refractivity (Wildman–Crippen MR) is 99.2 cm³/mol. The first-order valence-electron chi connectivity index (χ1n) is 8.88. The van der Waals surface area contributed by atoms with Gasteiger partial charge in [-0.3, -0.25) is 4.90 Å². The van der Waals surface area contributed by atoms with E-state index in [-0.39, 0.29) is 0 Å². The van der Waals surface area contributed by atoms with Crippen LogP contribution < -0.4 is 10.1 Å². The average Bonchev–Trinajstić information content (AvgIpc) is 2.57. The molecule has 0 aliphatic carbocycles. The zero-order valence-corrected chi connectivity index (χ0v) is 14.9. The molecule has 3 rings (SSSR count). The summed E-state index contributed by atoms with van der Waals surface area (Å²) in [6.45, 7) is 12.1. The van der Waals surface area contributed by atoms with Gasteiger partial charge in [0.2, 0.25) is 0 Å². The molecule has 2 aromatic carbocycles. The predicted octanol–water partition coefficient (Wildman–Crippen LogP) is 3.26. The number of aromatic hydroxyl groups is 1. The van der Waals surface area contributed by atoms with Crippen molar-refractivity contribution in [2.45, 2.75) is 26.7 Å². The van der Waals surface area contributed by atoms with Gasteiger partial charge in [-0.15, -0.1) is 0 Å². The van der Waals surface area contributed by atoms with Crippen molar-refractivity contribution in [3.63, 3.8) is 0 Å². The van der Waals surface area contributed by atoms with Crippen LogP contribution in [0.3, 0.4) is 0 Å². The Labute approximate surface area is 144 Å². The van der Waals surface area contributed by atoms with Crippen molar-refractivity contribution in [2.75, 3.05) is 39.3 Å². The van der Waals surface area contributed by atoms with Gasteiger partial charge < -0.3 is 15.2 Å². The van der Waals surface area contributed by atoms with Crippen molar-refractivity contribution in [3.8, 4) is 11.5 Å². The van der Waals surface area contributed by atoms with E-state index in [0.717, 1.165) is 60.4 Å². The molecule has 130 valence electrons. The second kappa shape index (κ2) is 7.41. The van der Waals surface area contributed by atoms with Gasteiger partial charge in [-0.25, -0.2) is 0 Å². The highest BCUT2D eigenvalue weighted by atomic mass is 16.5. The first-order valence-corrected chi connectivity index (χ1v) is 8.88. The number of hydrogen-bond donors (Lipinski definition) is 2. The Balaban J connectivity index is 1.81. The van der Waals surface area contributed by atoms with Gasteiger partial charge in [0.25, 0.3) is 0 Å². The molecule has 0 atom stereocenters. The first kappa shape index (κ1) is 17.1. The van der Waals surface area contributed by atoms with Crippen LogP contribution in [-0.2, 0) is 0 Å². The van der Waals surface area contributed by atoms with E-state index in [4.69, 9.17) is 4.74 Å². The fourth-order valence-corrected chi connectivity index (χ4v) is 3.33. The quantitative estimate of drug-likeness (QED) is 0.884. The van der Waals surface area contributed by atoms with E-state index in [1.807, 2.05) is 6.07 Å². The third-order valence-corrected chi connectivity index (χ3v) is 4.80. The van der Waals surface area contributed by atoms with Gasteiger partial charge in [0, 0.05) is 38.1 Å². The van der Waals surface area contributed by atoms with Gasteiger partial charge in [-0.2, -0.15) is 0 Å². The molecule has 0 saturated carbocycles. The van der Waals surface area contributed by atoms with Crippen LogP contribution in [0, 0.1) is 6.92 Å². The number of piperazine rings is 1. The van der Waals surface area contributed by atoms with E-state index < -0.39 is 0 Å². The minimum Gasteiger partial charge on any atom is -0.508 e. The maximum absolute atomic E-state index is 10.4. The third-order valence-electron chi connectivity index (χ3n) is 4.80. The van der Waals surface area contributed by atoms with Crippen molar-refractivity contribution in [3.05, 3.63) is 35.4 Å². The lowest BCUT2D eigenvalue weighted by atomic mass is 9.96. The van der Waals surface area contributed by atoms with Crippen molar-refractivity contribution in [1.29, 1.82) is 0 Å². The Kier molecular flexibility index (Phi) is 5.27. The summed E-state index contributed by atoms with van der Waals surface area (Å²) in [5.74, 6) is 1.55. The molecule has 24 heavy (non-hydrogen) atoms. The lowest BCUT2D eigenvalue weighted by Crippen LogP contribution is -2.44. The highest BCUT2D eigenvalue weighted by Crippen LogP contribution is 2.36. The molecular formula is C20H28N2O2. The van der Waals surface area contributed by atoms with Crippen LogP contribution in [0.15, 0.2) is 24.3 Å². The van der Waals surface area contributed by atoms with Gasteiger partial charge in [0.15, 0.2) is 0 Å². The zero-order chi connectivity index (χ0) is 17.1. The Morgan fingerprint density at radius 3 is 2.67 bits per heavy atom. The number of nitrogens with zero attached hydrogens (tertiary/aromatic N) is 1. The summed E-state index contributed by atoms with van der Waals surface area (Å²) in [4.78, 5) is 2.42. The topological polar surface area (TPSA) is 44.7 Å². The first-order chi connectivity index (χ1) is 11.6. The smallest absolute Gasteiger partial charge is 0.130 e. The Bertz CT molecular complexity index is 706. The van der Waals surface area contributed by atoms with E-state index in [1.54, 1.807) is 0 Å². The summed E-state index contributed by atoms with van der Waals surface area (Å²) < 4.78 is 6.13. The fourth-order valence-electron chi connectivity index (χ4n) is 3.33. The van der Waals surface area contributed by atoms with Crippen LogP contribution in [0.25, 0.3) is 10.8 Å². The minimum atomic E-state index is 0.299. The molecule has 0 bridgehead atoms. The number of phenols is 1. The molecule has 1 fully saturated rings. The highest BCUT2D eigenvalue weighted by molar-refractivity contribution is 5.91. The molecule has 4 nitrogen and oxygen atoms in total. The van der Waals surface area contributed by atoms with Crippen molar-refractivity contribution in [2.24, 2.45) is 0 Å². The second-order valence-corrected chi connectivity index (χ2v) is 6.94. The molecule has 0 amide bonds. The molecule has 2 aromatic rings. The summed E-state index contributed by atoms with van der Waals surface area (Å²) in [6, 6.07) is 8.15. The van der Waals surface area contributed by atoms with Gasteiger partial charge in [0.1, 0.15) is 18.1 Å². The molecule has 0 radical (unpaired) electrons. The van der Waals surface area contributed by atoms with E-state index >= 15 is 0 Å². The standard InChI is InChI=1S/C20H28N2O2/c1-14(2)17-12-16-5-4-15(3)20(18(16)13-19(17)23)24-11-10-22-8-6-21-7-9-22/h4-5,12-14,21,23H,6-11H2,1-3H3. The number of rotatable bonds is 5. The van der Waals surface area contributed by atoms with E-state index in [1.165, 1.54) is 0 Å². The highest BCUT2D eigenvalue weighted by Gasteiger charge is 2.14. The second-order valence-electron chi connectivity index (χ2n) is 6.94. The zero-order valence-electron chi connectivity index (χ0n) is 14.9. The monoisotopic (exact) mass is 328 g/mol. The molecule has 1 heterocycles. The Morgan fingerprint density at radius 2 is 1.96 bits per heavy atom. The van der Waals surface area contributed by atoms with E-state index in [9.17, 15) is 5.11 Å². The average molecular weight is 328 g/mol. The molecular weight excluding hydrogens is 300 g/mol. The summed E-state index contributed by atoms with van der Waals surface area (Å²) in [7, 11) is 0. The molecule has 0 spiro atoms. The molecule has 1 aliphatic heterocycles. The van der Waals surface area contributed by atoms with Gasteiger partial charge in [0.05, 0.1) is 0 Å². The maximum atomic E-state index is 10.4. The number of hydrogen-bond acceptors (Lipinski definition) is 4. The van der Waals surface area contributed by atoms with Crippen LogP contribution in [0.1, 0.15) is 30.9 Å². The Hall–Kier alpha value is -1.78. The number of phenolic OH excluding ortho intramolecular Hbond substituents is 1. The van der Waals surface area contributed by atoms with Crippen LogP contribution in [0.2, 0.25) is 0 Å². The van der Waals surface area contributed by atoms with E-state index in [2.05, 4.69) is 49.2 Å². The Morgan fingerprint density at radius 1 is 1.21 bits per heavy atom. The van der Waals surface area contributed by atoms with Crippen molar-refractivity contribution < 1.29 is 9.84 Å². The molecule has 0 unspecified atom stereocenters. The summed E-state index contributed by atoms with van der Waals surface area (Å²) >= 11 is 0. The summed E-state index contributed by atoms with van der Waals surface area (Å²) in [5, 5.41) is 15.8. The molecule has 1 saturated heterocycles. The number of benzene rings is 2. The number of aryl methyl sites for hydroxylation is 1. The molecule has 1 aliphatic rings. The lowest BCUT2D eigenvalue weighted by molar-refractivity contribution is 0.192. The van der Waals surface area contributed by atoms with Crippen LogP contribution in [0.5, 0.6) is 11.5 Å². The molecule has 0 aromatic heterocycles. The van der Waals surface area contributed by atoms with E-state index in [0.29, 0.717) is 18.3 Å². The van der Waals surface area contributed by atoms with Crippen molar-refractivity contribution in [1.82, 2.24) is 10.2 Å². The van der Waals surface area contributed by atoms with Crippen molar-refractivity contribution >= 4 is 10.8 Å². The lowest BCUT2D eigenvalue weighted by Gasteiger charge is -2.27. The molecule has 2 N–H and O–H groups in total. The number of nitrogens with one attached hydrogen (secondary N) is 1. The summed E-state index contributed by atoms with van der Waals surface area (Å²) in [6.07, 6.45) is 0. The molecule has 4 heteroatoms. The van der Waals surface area contributed by atoms with Gasteiger partial charge >= 0.3 is 0 Å². The number of fused-ring (bicyclic) bond motifs is 1. The van der Waals surface area contributed by atoms with Crippen LogP contribution in [0.4, 0.5) is 0 Å². The third kappa shape index (κ3) is 3.65. The largest absolute Gasteiger partial charge is 0.508 e.